The van der Waals surface area contributed by atoms with E-state index in [1.165, 1.54) is 12.5 Å². The van der Waals surface area contributed by atoms with Crippen LogP contribution in [0.2, 0.25) is 0 Å². The second-order valence-electron chi connectivity index (χ2n) is 18.4. The minimum atomic E-state index is -4.96. The molecule has 4 aliphatic carbocycles. The van der Waals surface area contributed by atoms with Gasteiger partial charge in [-0.2, -0.15) is 13.2 Å². The van der Waals surface area contributed by atoms with Crippen molar-refractivity contribution in [1.82, 2.24) is 5.32 Å². The summed E-state index contributed by atoms with van der Waals surface area (Å²) in [6.45, 7) is 17.1. The topological polar surface area (TPSA) is 154 Å². The lowest BCUT2D eigenvalue weighted by Crippen LogP contribution is -2.70. The molecule has 1 heterocycles. The van der Waals surface area contributed by atoms with E-state index in [1.807, 2.05) is 12.2 Å². The second kappa shape index (κ2) is 14.4. The first-order valence-electron chi connectivity index (χ1n) is 19.5. The monoisotopic (exact) mass is 754 g/mol. The Labute approximate surface area is 311 Å². The number of hydrogen-bond donors (Lipinski definition) is 3. The van der Waals surface area contributed by atoms with Gasteiger partial charge >= 0.3 is 30.0 Å². The molecule has 0 aromatic carbocycles. The number of halogens is 3. The number of amides is 1. The molecule has 0 aromatic rings. The van der Waals surface area contributed by atoms with Gasteiger partial charge in [0, 0.05) is 24.3 Å². The number of ether oxygens (including phenoxy) is 3. The lowest BCUT2D eigenvalue weighted by atomic mass is 9.34. The van der Waals surface area contributed by atoms with Crippen molar-refractivity contribution in [1.29, 1.82) is 0 Å². The average Bonchev–Trinajstić information content (AvgIpc) is 3.05. The summed E-state index contributed by atoms with van der Waals surface area (Å²) in [5.74, 6) is -3.77. The maximum atomic E-state index is 13.5. The molecule has 10 nitrogen and oxygen atoms in total. The van der Waals surface area contributed by atoms with Crippen molar-refractivity contribution in [3.05, 3.63) is 11.6 Å². The summed E-state index contributed by atoms with van der Waals surface area (Å²) in [5, 5.41) is 12.8. The summed E-state index contributed by atoms with van der Waals surface area (Å²) in [6, 6.07) is -1.07. The number of nitrogens with one attached hydrogen (secondary N) is 1. The van der Waals surface area contributed by atoms with Crippen molar-refractivity contribution >= 4 is 23.8 Å². The minimum Gasteiger partial charge on any atom is -0.481 e. The zero-order valence-corrected chi connectivity index (χ0v) is 32.7. The molecule has 0 radical (unpaired) electrons. The van der Waals surface area contributed by atoms with Crippen molar-refractivity contribution in [2.75, 3.05) is 19.8 Å². The van der Waals surface area contributed by atoms with Gasteiger partial charge in [-0.3, -0.25) is 19.2 Å². The van der Waals surface area contributed by atoms with Crippen LogP contribution in [0.3, 0.4) is 0 Å². The highest BCUT2D eigenvalue weighted by atomic mass is 19.4. The Bertz CT molecular complexity index is 1490. The Morgan fingerprint density at radius 1 is 1.02 bits per heavy atom. The van der Waals surface area contributed by atoms with E-state index in [2.05, 4.69) is 47.6 Å². The Balaban J connectivity index is 1.41. The van der Waals surface area contributed by atoms with Crippen LogP contribution < -0.4 is 11.1 Å². The first-order chi connectivity index (χ1) is 24.5. The molecule has 1 aliphatic heterocycles. The fourth-order valence-electron chi connectivity index (χ4n) is 12.2. The first kappa shape index (κ1) is 41.5. The predicted octanol–water partition coefficient (Wildman–Crippen LogP) is 6.59. The van der Waals surface area contributed by atoms with Gasteiger partial charge in [-0.1, -0.05) is 60.1 Å². The summed E-state index contributed by atoms with van der Waals surface area (Å²) in [5.41, 5.74) is 5.09. The highest BCUT2D eigenvalue weighted by Crippen LogP contribution is 2.75. The summed E-state index contributed by atoms with van der Waals surface area (Å²) >= 11 is 0. The van der Waals surface area contributed by atoms with E-state index in [9.17, 15) is 37.5 Å². The summed E-state index contributed by atoms with van der Waals surface area (Å²) < 4.78 is 56.1. The number of nitrogens with two attached hydrogens (primary N) is 1. The second-order valence-corrected chi connectivity index (χ2v) is 18.4. The number of carbonyl (C=O) groups is 4. The molecular weight excluding hydrogens is 693 g/mol. The Morgan fingerprint density at radius 2 is 1.70 bits per heavy atom. The van der Waals surface area contributed by atoms with Crippen molar-refractivity contribution < 1.29 is 51.7 Å². The normalized spacial score (nSPS) is 40.4. The van der Waals surface area contributed by atoms with Gasteiger partial charge in [0.1, 0.15) is 18.2 Å². The van der Waals surface area contributed by atoms with E-state index in [0.717, 1.165) is 25.7 Å². The van der Waals surface area contributed by atoms with Gasteiger partial charge < -0.3 is 30.4 Å². The first-order valence-corrected chi connectivity index (χ1v) is 19.5. The van der Waals surface area contributed by atoms with Crippen LogP contribution in [0.25, 0.3) is 0 Å². The molecule has 2 bridgehead atoms. The van der Waals surface area contributed by atoms with E-state index in [4.69, 9.17) is 19.9 Å². The van der Waals surface area contributed by atoms with Crippen LogP contribution >= 0.6 is 0 Å². The number of aliphatic carboxylic acids is 1. The van der Waals surface area contributed by atoms with Crippen LogP contribution in [0.15, 0.2) is 11.6 Å². The minimum absolute atomic E-state index is 0.0300. The number of alkyl halides is 3. The SMILES string of the molecule is CC(=O)O[C@@H]1C[C@@]23COC[C@](C)([C@@H]2CC[C@H]2C3=CC[C@@]3(C)[C@H](C(=O)O)[C@@](C)([C@H](C)C(C)C)CC[C@]23C)[C@H]1OC(=O)C(N)CCCCNC(=O)C(F)(F)F. The molecule has 13 heteroatoms. The van der Waals surface area contributed by atoms with E-state index in [1.54, 1.807) is 0 Å². The van der Waals surface area contributed by atoms with Gasteiger partial charge in [-0.05, 0) is 97.7 Å². The highest BCUT2D eigenvalue weighted by Gasteiger charge is 2.72. The van der Waals surface area contributed by atoms with Gasteiger partial charge in [0.2, 0.25) is 0 Å². The number of esters is 2. The molecule has 53 heavy (non-hydrogen) atoms. The van der Waals surface area contributed by atoms with Gasteiger partial charge in [-0.25, -0.2) is 0 Å². The predicted molar refractivity (Wildman–Crippen MR) is 190 cm³/mol. The highest BCUT2D eigenvalue weighted by molar-refractivity contribution is 5.81. The van der Waals surface area contributed by atoms with Crippen LogP contribution in [-0.2, 0) is 33.4 Å². The van der Waals surface area contributed by atoms with Gasteiger partial charge in [0.05, 0.1) is 19.1 Å². The average molecular weight is 755 g/mol. The molecule has 1 amide bonds. The van der Waals surface area contributed by atoms with E-state index < -0.39 is 70.4 Å². The van der Waals surface area contributed by atoms with Crippen molar-refractivity contribution in [2.24, 2.45) is 62.4 Å². The van der Waals surface area contributed by atoms with Crippen LogP contribution in [0.5, 0.6) is 0 Å². The fourth-order valence-corrected chi connectivity index (χ4v) is 12.2. The molecule has 0 spiro atoms. The molecule has 1 saturated heterocycles. The van der Waals surface area contributed by atoms with E-state index >= 15 is 0 Å². The number of carboxylic acid groups (broad SMARTS) is 1. The molecule has 4 fully saturated rings. The van der Waals surface area contributed by atoms with Crippen LogP contribution in [0.1, 0.15) is 113 Å². The maximum Gasteiger partial charge on any atom is 0.471 e. The van der Waals surface area contributed by atoms with Crippen molar-refractivity contribution in [3.8, 4) is 0 Å². The maximum absolute atomic E-state index is 13.5. The number of allylic oxidation sites excluding steroid dienone is 1. The summed E-state index contributed by atoms with van der Waals surface area (Å²) in [6.07, 6.45) is 0.705. The summed E-state index contributed by atoms with van der Waals surface area (Å²) in [4.78, 5) is 50.6. The molecular formula is C40H61F3N2O8. The number of fused-ring (bicyclic) bond motifs is 3. The van der Waals surface area contributed by atoms with Crippen LogP contribution in [0, 0.1) is 56.7 Å². The van der Waals surface area contributed by atoms with E-state index in [0.29, 0.717) is 25.4 Å². The molecule has 5 rings (SSSR count). The number of unbranched alkanes of at least 4 members (excludes halogenated alkanes) is 1. The van der Waals surface area contributed by atoms with Crippen LogP contribution in [0.4, 0.5) is 13.2 Å². The third kappa shape index (κ3) is 6.82. The number of hydrogen-bond acceptors (Lipinski definition) is 8. The smallest absolute Gasteiger partial charge is 0.471 e. The van der Waals surface area contributed by atoms with Gasteiger partial charge in [0.25, 0.3) is 0 Å². The number of carboxylic acids is 1. The molecule has 4 N–H and O–H groups in total. The Kier molecular flexibility index (Phi) is 11.3. The van der Waals surface area contributed by atoms with Crippen LogP contribution in [-0.4, -0.2) is 73.1 Å². The quantitative estimate of drug-likeness (QED) is 0.120. The standard InChI is InChI=1S/C40H61F3N2O8/c1-22(2)23(3)35(5)16-17-37(7)25-12-13-29-36(6)20-51-21-39(29,26(25)14-15-38(37,8)30(35)32(47)48)19-28(52-24(4)46)31(36)53-33(49)27(44)11-9-10-18-45-34(50)40(41,42)43/h14,22-23,25,27-31H,9-13,15-21,44H2,1-8H3,(H,45,50)(H,47,48)/t23-,25+,27?,28-,29+,30-,31+,35-,36-,37-,38+,39+/m1/s1. The summed E-state index contributed by atoms with van der Waals surface area (Å²) in [7, 11) is 0. The fraction of sp³-hybridized carbons (Fsp3) is 0.850. The Hall–Kier alpha value is -2.67. The molecule has 1 unspecified atom stereocenters. The Morgan fingerprint density at radius 3 is 2.30 bits per heavy atom. The van der Waals surface area contributed by atoms with Crippen molar-refractivity contribution in [3.63, 3.8) is 0 Å². The lowest BCUT2D eigenvalue weighted by molar-refractivity contribution is -0.263. The van der Waals surface area contributed by atoms with Gasteiger partial charge in [0.15, 0.2) is 0 Å². The molecule has 12 atom stereocenters. The zero-order chi connectivity index (χ0) is 39.5. The zero-order valence-electron chi connectivity index (χ0n) is 32.7. The molecule has 5 aliphatic rings. The third-order valence-electron chi connectivity index (χ3n) is 15.4. The lowest BCUT2D eigenvalue weighted by Gasteiger charge is -2.71. The molecule has 0 aromatic heterocycles. The van der Waals surface area contributed by atoms with Gasteiger partial charge in [-0.15, -0.1) is 0 Å². The molecule has 3 saturated carbocycles. The molecule has 300 valence electrons. The van der Waals surface area contributed by atoms with E-state index in [-0.39, 0.29) is 61.0 Å². The number of rotatable bonds is 11. The largest absolute Gasteiger partial charge is 0.481 e. The number of carbonyl (C=O) groups excluding carboxylic acids is 3. The van der Waals surface area contributed by atoms with Crippen molar-refractivity contribution in [2.45, 2.75) is 138 Å². The third-order valence-corrected chi connectivity index (χ3v) is 15.4.